The maximum absolute atomic E-state index is 4.85. The summed E-state index contributed by atoms with van der Waals surface area (Å²) in [5, 5.41) is 5.01. The highest BCUT2D eigenvalue weighted by molar-refractivity contribution is 7.11. The van der Waals surface area contributed by atoms with E-state index in [1.807, 2.05) is 11.3 Å². The maximum atomic E-state index is 4.85. The van der Waals surface area contributed by atoms with E-state index in [9.17, 15) is 0 Å². The Labute approximate surface area is 127 Å². The van der Waals surface area contributed by atoms with Crippen LogP contribution in [0.4, 0.5) is 0 Å². The third-order valence-corrected chi connectivity index (χ3v) is 5.40. The third-order valence-electron chi connectivity index (χ3n) is 4.32. The molecule has 0 atom stereocenters. The van der Waals surface area contributed by atoms with Crippen molar-refractivity contribution in [2.75, 3.05) is 13.1 Å². The number of aryl methyl sites for hydroxylation is 1. The monoisotopic (exact) mass is 295 g/mol. The fourth-order valence-corrected chi connectivity index (χ4v) is 4.07. The lowest BCUT2D eigenvalue weighted by Crippen LogP contribution is -2.25. The zero-order valence-electron chi connectivity index (χ0n) is 13.2. The van der Waals surface area contributed by atoms with Crippen LogP contribution in [0.5, 0.6) is 0 Å². The van der Waals surface area contributed by atoms with Crippen molar-refractivity contribution in [3.63, 3.8) is 0 Å². The molecule has 1 saturated carbocycles. The van der Waals surface area contributed by atoms with Crippen molar-refractivity contribution in [3.8, 4) is 0 Å². The summed E-state index contributed by atoms with van der Waals surface area (Å²) in [7, 11) is 0. The second-order valence-electron chi connectivity index (χ2n) is 5.65. The zero-order valence-corrected chi connectivity index (χ0v) is 14.1. The molecule has 0 aliphatic heterocycles. The van der Waals surface area contributed by atoms with Gasteiger partial charge in [0.25, 0.3) is 0 Å². The molecule has 0 radical (unpaired) electrons. The Balaban J connectivity index is 1.94. The van der Waals surface area contributed by atoms with Gasteiger partial charge in [-0.1, -0.05) is 33.6 Å². The van der Waals surface area contributed by atoms with Gasteiger partial charge in [0.05, 0.1) is 12.2 Å². The summed E-state index contributed by atoms with van der Waals surface area (Å²) in [6.07, 6.45) is 6.55. The highest BCUT2D eigenvalue weighted by Crippen LogP contribution is 2.23. The van der Waals surface area contributed by atoms with Crippen molar-refractivity contribution in [1.82, 2.24) is 15.2 Å². The van der Waals surface area contributed by atoms with Crippen LogP contribution in [0, 0.1) is 0 Å². The predicted octanol–water partition coefficient (Wildman–Crippen LogP) is 3.58. The molecule has 2 rings (SSSR count). The van der Waals surface area contributed by atoms with Crippen molar-refractivity contribution < 1.29 is 0 Å². The van der Waals surface area contributed by atoms with Crippen LogP contribution in [0.25, 0.3) is 0 Å². The van der Waals surface area contributed by atoms with Gasteiger partial charge in [0.2, 0.25) is 0 Å². The second kappa shape index (κ2) is 8.11. The van der Waals surface area contributed by atoms with E-state index in [1.54, 1.807) is 0 Å². The molecule has 0 bridgehead atoms. The Kier molecular flexibility index (Phi) is 6.46. The van der Waals surface area contributed by atoms with E-state index in [1.165, 1.54) is 41.3 Å². The number of aromatic nitrogens is 1. The lowest BCUT2D eigenvalue weighted by atomic mass is 10.2. The highest BCUT2D eigenvalue weighted by Gasteiger charge is 2.16. The van der Waals surface area contributed by atoms with Gasteiger partial charge in [0, 0.05) is 17.5 Å². The summed E-state index contributed by atoms with van der Waals surface area (Å²) in [6.45, 7) is 10.9. The Bertz CT molecular complexity index is 392. The van der Waals surface area contributed by atoms with Gasteiger partial charge in [-0.15, -0.1) is 11.3 Å². The van der Waals surface area contributed by atoms with Crippen LogP contribution < -0.4 is 5.32 Å². The normalized spacial score (nSPS) is 16.4. The van der Waals surface area contributed by atoms with Crippen LogP contribution in [0.2, 0.25) is 0 Å². The number of thiazole rings is 1. The van der Waals surface area contributed by atoms with Gasteiger partial charge in [-0.05, 0) is 32.4 Å². The number of rotatable bonds is 8. The molecule has 0 unspecified atom stereocenters. The molecule has 1 aromatic heterocycles. The zero-order chi connectivity index (χ0) is 14.4. The van der Waals surface area contributed by atoms with Gasteiger partial charge in [0.1, 0.15) is 5.01 Å². The van der Waals surface area contributed by atoms with Crippen molar-refractivity contribution >= 4 is 11.3 Å². The Morgan fingerprint density at radius 2 is 1.90 bits per heavy atom. The Morgan fingerprint density at radius 1 is 1.20 bits per heavy atom. The van der Waals surface area contributed by atoms with E-state index in [4.69, 9.17) is 4.98 Å². The van der Waals surface area contributed by atoms with Gasteiger partial charge < -0.3 is 5.32 Å². The predicted molar refractivity (Wildman–Crippen MR) is 87.2 cm³/mol. The van der Waals surface area contributed by atoms with E-state index in [2.05, 4.69) is 31.0 Å². The summed E-state index contributed by atoms with van der Waals surface area (Å²) >= 11 is 1.91. The molecule has 0 aromatic carbocycles. The second-order valence-corrected chi connectivity index (χ2v) is 6.82. The lowest BCUT2D eigenvalue weighted by Gasteiger charge is -2.15. The molecule has 1 fully saturated rings. The van der Waals surface area contributed by atoms with Crippen LogP contribution in [0.1, 0.15) is 62.0 Å². The number of hydrogen-bond acceptors (Lipinski definition) is 4. The molecule has 1 heterocycles. The highest BCUT2D eigenvalue weighted by atomic mass is 32.1. The van der Waals surface area contributed by atoms with Gasteiger partial charge in [-0.25, -0.2) is 4.98 Å². The minimum atomic E-state index is 0.744. The summed E-state index contributed by atoms with van der Waals surface area (Å²) in [6, 6.07) is 0.744. The van der Waals surface area contributed by atoms with E-state index in [0.29, 0.717) is 0 Å². The Hall–Kier alpha value is -0.450. The van der Waals surface area contributed by atoms with Gasteiger partial charge in [-0.3, -0.25) is 4.90 Å². The van der Waals surface area contributed by atoms with Gasteiger partial charge in [0.15, 0.2) is 0 Å². The summed E-state index contributed by atoms with van der Waals surface area (Å²) < 4.78 is 0. The summed E-state index contributed by atoms with van der Waals surface area (Å²) in [5.41, 5.74) is 1.31. The quantitative estimate of drug-likeness (QED) is 0.794. The number of hydrogen-bond donors (Lipinski definition) is 1. The average Bonchev–Trinajstić information content (AvgIpc) is 3.11. The first-order chi connectivity index (χ1) is 9.76. The first kappa shape index (κ1) is 15.9. The summed E-state index contributed by atoms with van der Waals surface area (Å²) in [5.74, 6) is 0. The molecule has 1 aliphatic carbocycles. The van der Waals surface area contributed by atoms with Crippen LogP contribution in [0.15, 0.2) is 0 Å². The van der Waals surface area contributed by atoms with Gasteiger partial charge >= 0.3 is 0 Å². The van der Waals surface area contributed by atoms with Crippen LogP contribution >= 0.6 is 11.3 Å². The molecular weight excluding hydrogens is 266 g/mol. The van der Waals surface area contributed by atoms with Crippen molar-refractivity contribution in [1.29, 1.82) is 0 Å². The lowest BCUT2D eigenvalue weighted by molar-refractivity contribution is 0.295. The largest absolute Gasteiger partial charge is 0.309 e. The van der Waals surface area contributed by atoms with E-state index >= 15 is 0 Å². The molecule has 0 amide bonds. The molecule has 1 aliphatic rings. The molecule has 1 N–H and O–H groups in total. The molecule has 114 valence electrons. The maximum Gasteiger partial charge on any atom is 0.107 e. The van der Waals surface area contributed by atoms with Crippen molar-refractivity contribution in [2.45, 2.75) is 72.0 Å². The van der Waals surface area contributed by atoms with Crippen molar-refractivity contribution in [3.05, 3.63) is 15.6 Å². The van der Waals surface area contributed by atoms with E-state index in [-0.39, 0.29) is 0 Å². The van der Waals surface area contributed by atoms with Gasteiger partial charge in [-0.2, -0.15) is 0 Å². The topological polar surface area (TPSA) is 28.2 Å². The molecule has 20 heavy (non-hydrogen) atoms. The average molecular weight is 295 g/mol. The Morgan fingerprint density at radius 3 is 2.50 bits per heavy atom. The first-order valence-electron chi connectivity index (χ1n) is 8.19. The minimum Gasteiger partial charge on any atom is -0.309 e. The number of nitrogens with one attached hydrogen (secondary N) is 1. The molecule has 0 saturated heterocycles. The van der Waals surface area contributed by atoms with Crippen molar-refractivity contribution in [2.24, 2.45) is 0 Å². The van der Waals surface area contributed by atoms with E-state index < -0.39 is 0 Å². The standard InChI is InChI=1S/C16H29N3S/c1-4-14-15(11-17-13-9-7-8-10-13)20-16(18-14)12-19(5-2)6-3/h13,17H,4-12H2,1-3H3. The van der Waals surface area contributed by atoms with Crippen LogP contribution in [-0.2, 0) is 19.5 Å². The van der Waals surface area contributed by atoms with E-state index in [0.717, 1.165) is 38.6 Å². The smallest absolute Gasteiger partial charge is 0.107 e. The minimum absolute atomic E-state index is 0.744. The van der Waals surface area contributed by atoms with Crippen LogP contribution in [-0.4, -0.2) is 29.0 Å². The molecule has 1 aromatic rings. The molecule has 4 heteroatoms. The third kappa shape index (κ3) is 4.27. The molecule has 3 nitrogen and oxygen atoms in total. The molecular formula is C16H29N3S. The van der Waals surface area contributed by atoms with Crippen LogP contribution in [0.3, 0.4) is 0 Å². The number of nitrogens with zero attached hydrogens (tertiary/aromatic N) is 2. The fourth-order valence-electron chi connectivity index (χ4n) is 2.92. The molecule has 0 spiro atoms. The fraction of sp³-hybridized carbons (Fsp3) is 0.812. The first-order valence-corrected chi connectivity index (χ1v) is 9.01. The SMILES string of the molecule is CCc1nc(CN(CC)CC)sc1CNC1CCCC1. The summed E-state index contributed by atoms with van der Waals surface area (Å²) in [4.78, 5) is 8.74.